The van der Waals surface area contributed by atoms with E-state index in [1.54, 1.807) is 6.92 Å². The van der Waals surface area contributed by atoms with Gasteiger partial charge in [0, 0.05) is 23.8 Å². The number of carbonyl (C=O) groups is 2. The van der Waals surface area contributed by atoms with Gasteiger partial charge in [-0.05, 0) is 6.92 Å². The summed E-state index contributed by atoms with van der Waals surface area (Å²) in [5, 5.41) is 10.9. The summed E-state index contributed by atoms with van der Waals surface area (Å²) in [6, 6.07) is 0. The normalized spacial score (nSPS) is 13.3. The fourth-order valence-corrected chi connectivity index (χ4v) is 0.829. The summed E-state index contributed by atoms with van der Waals surface area (Å²) in [6.45, 7) is 6.67. The molecule has 18 heavy (non-hydrogen) atoms. The Morgan fingerprint density at radius 1 is 1.33 bits per heavy atom. The molecule has 0 aliphatic heterocycles. The highest BCUT2D eigenvalue weighted by atomic mass is 16.6. The van der Waals surface area contributed by atoms with Crippen LogP contribution in [0, 0.1) is 10.1 Å². The highest BCUT2D eigenvalue weighted by Crippen LogP contribution is 2.12. The van der Waals surface area contributed by atoms with E-state index in [2.05, 4.69) is 6.58 Å². The average molecular weight is 259 g/mol. The minimum Gasteiger partial charge on any atom is -0.458 e. The lowest BCUT2D eigenvalue weighted by Crippen LogP contribution is -2.45. The van der Waals surface area contributed by atoms with E-state index >= 15 is 0 Å². The molecule has 7 heteroatoms. The van der Waals surface area contributed by atoms with E-state index in [-0.39, 0.29) is 12.0 Å². The number of ether oxygens (including phenoxy) is 2. The third-order valence-electron chi connectivity index (χ3n) is 2.14. The Morgan fingerprint density at radius 3 is 2.22 bits per heavy atom. The molecule has 0 aliphatic carbocycles. The molecule has 0 aliphatic rings. The van der Waals surface area contributed by atoms with Crippen LogP contribution in [0.3, 0.4) is 0 Å². The van der Waals surface area contributed by atoms with Crippen LogP contribution in [0.4, 0.5) is 0 Å². The summed E-state index contributed by atoms with van der Waals surface area (Å²) in [4.78, 5) is 32.4. The minimum absolute atomic E-state index is 0.124. The Labute approximate surface area is 105 Å². The maximum absolute atomic E-state index is 11.2. The van der Waals surface area contributed by atoms with Crippen molar-refractivity contribution < 1.29 is 24.0 Å². The molecule has 0 amide bonds. The van der Waals surface area contributed by atoms with Gasteiger partial charge in [0.05, 0.1) is 0 Å². The summed E-state index contributed by atoms with van der Waals surface area (Å²) in [5.41, 5.74) is -1.51. The summed E-state index contributed by atoms with van der Waals surface area (Å²) >= 11 is 0. The molecule has 1 unspecified atom stereocenters. The van der Waals surface area contributed by atoms with Crippen molar-refractivity contribution in [2.45, 2.75) is 32.7 Å². The van der Waals surface area contributed by atoms with Gasteiger partial charge >= 0.3 is 11.9 Å². The number of hydrogen-bond donors (Lipinski definition) is 0. The molecule has 0 bridgehead atoms. The van der Waals surface area contributed by atoms with Gasteiger partial charge in [-0.15, -0.1) is 0 Å². The molecule has 0 saturated carbocycles. The quantitative estimate of drug-likeness (QED) is 0.294. The van der Waals surface area contributed by atoms with E-state index in [4.69, 9.17) is 9.47 Å². The van der Waals surface area contributed by atoms with Gasteiger partial charge in [0.15, 0.2) is 13.2 Å². The van der Waals surface area contributed by atoms with E-state index < -0.39 is 35.6 Å². The van der Waals surface area contributed by atoms with Gasteiger partial charge in [-0.2, -0.15) is 0 Å². The maximum Gasteiger partial charge on any atom is 0.333 e. The van der Waals surface area contributed by atoms with Crippen molar-refractivity contribution in [1.82, 2.24) is 0 Å². The Morgan fingerprint density at radius 2 is 1.83 bits per heavy atom. The highest BCUT2D eigenvalue weighted by Gasteiger charge is 2.40. The van der Waals surface area contributed by atoms with Gasteiger partial charge in [-0.25, -0.2) is 4.79 Å². The maximum atomic E-state index is 11.2. The van der Waals surface area contributed by atoms with E-state index in [1.165, 1.54) is 13.8 Å². The smallest absolute Gasteiger partial charge is 0.333 e. The molecule has 7 nitrogen and oxygen atoms in total. The van der Waals surface area contributed by atoms with Crippen LogP contribution in [-0.2, 0) is 19.1 Å². The first kappa shape index (κ1) is 16.1. The number of nitrogens with zero attached hydrogens (tertiary/aromatic N) is 1. The second kappa shape index (κ2) is 6.73. The molecular formula is C11H17NO6. The lowest BCUT2D eigenvalue weighted by Gasteiger charge is -2.20. The van der Waals surface area contributed by atoms with Gasteiger partial charge in [0.25, 0.3) is 5.54 Å². The Hall–Kier alpha value is -1.92. The second-order valence-corrected chi connectivity index (χ2v) is 4.12. The topological polar surface area (TPSA) is 95.7 Å². The third kappa shape index (κ3) is 4.94. The Bertz CT molecular complexity index is 365. The Kier molecular flexibility index (Phi) is 6.01. The van der Waals surface area contributed by atoms with Crippen LogP contribution in [0.1, 0.15) is 27.2 Å². The average Bonchev–Trinajstić information content (AvgIpc) is 2.32. The molecule has 0 fully saturated rings. The zero-order valence-corrected chi connectivity index (χ0v) is 10.7. The predicted octanol–water partition coefficient (Wildman–Crippen LogP) is 1.09. The number of rotatable bonds is 7. The van der Waals surface area contributed by atoms with Crippen LogP contribution in [-0.4, -0.2) is 35.6 Å². The SMILES string of the molecule is C=C(C)C(=O)OCC(C)(COC(=O)CC)[N+](=O)[O-]. The third-order valence-corrected chi connectivity index (χ3v) is 2.14. The predicted molar refractivity (Wildman–Crippen MR) is 62.4 cm³/mol. The van der Waals surface area contributed by atoms with Crippen molar-refractivity contribution in [1.29, 1.82) is 0 Å². The molecule has 1 atom stereocenters. The van der Waals surface area contributed by atoms with E-state index in [0.29, 0.717) is 0 Å². The van der Waals surface area contributed by atoms with Gasteiger partial charge in [-0.3, -0.25) is 14.9 Å². The minimum atomic E-state index is -1.66. The van der Waals surface area contributed by atoms with Gasteiger partial charge < -0.3 is 9.47 Å². The van der Waals surface area contributed by atoms with Gasteiger partial charge in [0.1, 0.15) is 0 Å². The highest BCUT2D eigenvalue weighted by molar-refractivity contribution is 5.86. The molecule has 0 heterocycles. The van der Waals surface area contributed by atoms with E-state index in [9.17, 15) is 19.7 Å². The number of esters is 2. The van der Waals surface area contributed by atoms with Gasteiger partial charge in [-0.1, -0.05) is 13.5 Å². The molecule has 0 radical (unpaired) electrons. The summed E-state index contributed by atoms with van der Waals surface area (Å²) in [6.07, 6.45) is 0.124. The first-order valence-corrected chi connectivity index (χ1v) is 5.35. The van der Waals surface area contributed by atoms with Crippen LogP contribution in [0.2, 0.25) is 0 Å². The van der Waals surface area contributed by atoms with E-state index in [1.807, 2.05) is 0 Å². The largest absolute Gasteiger partial charge is 0.458 e. The molecule has 0 spiro atoms. The molecule has 0 rings (SSSR count). The van der Waals surface area contributed by atoms with Crippen LogP contribution in [0.25, 0.3) is 0 Å². The summed E-state index contributed by atoms with van der Waals surface area (Å²) in [7, 11) is 0. The number of hydrogen-bond acceptors (Lipinski definition) is 6. The monoisotopic (exact) mass is 259 g/mol. The van der Waals surface area contributed by atoms with Crippen LogP contribution in [0.5, 0.6) is 0 Å². The molecule has 0 N–H and O–H groups in total. The molecule has 102 valence electrons. The van der Waals surface area contributed by atoms with Crippen molar-refractivity contribution in [3.8, 4) is 0 Å². The van der Waals surface area contributed by atoms with Crippen LogP contribution in [0.15, 0.2) is 12.2 Å². The lowest BCUT2D eigenvalue weighted by molar-refractivity contribution is -0.571. The zero-order chi connectivity index (χ0) is 14.3. The molecular weight excluding hydrogens is 242 g/mol. The fraction of sp³-hybridized carbons (Fsp3) is 0.636. The fourth-order valence-electron chi connectivity index (χ4n) is 0.829. The molecule has 0 saturated heterocycles. The second-order valence-electron chi connectivity index (χ2n) is 4.12. The van der Waals surface area contributed by atoms with Crippen LogP contribution < -0.4 is 0 Å². The molecule has 0 aromatic rings. The first-order valence-electron chi connectivity index (χ1n) is 5.35. The first-order chi connectivity index (χ1) is 8.23. The van der Waals surface area contributed by atoms with Crippen molar-refractivity contribution in [2.24, 2.45) is 0 Å². The summed E-state index contributed by atoms with van der Waals surface area (Å²) in [5.74, 6) is -1.26. The standard InChI is InChI=1S/C11H17NO6/c1-5-9(13)17-6-11(4,12(15)16)7-18-10(14)8(2)3/h2,5-7H2,1,3-4H3. The summed E-state index contributed by atoms with van der Waals surface area (Å²) < 4.78 is 9.44. The van der Waals surface area contributed by atoms with Crippen molar-refractivity contribution in [3.05, 3.63) is 22.3 Å². The van der Waals surface area contributed by atoms with Gasteiger partial charge in [0.2, 0.25) is 0 Å². The van der Waals surface area contributed by atoms with Crippen molar-refractivity contribution in [2.75, 3.05) is 13.2 Å². The molecule has 0 aromatic carbocycles. The zero-order valence-electron chi connectivity index (χ0n) is 10.7. The van der Waals surface area contributed by atoms with Crippen molar-refractivity contribution >= 4 is 11.9 Å². The Balaban J connectivity index is 4.53. The van der Waals surface area contributed by atoms with Crippen LogP contribution >= 0.6 is 0 Å². The number of carbonyl (C=O) groups excluding carboxylic acids is 2. The lowest BCUT2D eigenvalue weighted by atomic mass is 10.1. The molecule has 0 aromatic heterocycles. The number of nitro groups is 1. The van der Waals surface area contributed by atoms with Crippen molar-refractivity contribution in [3.63, 3.8) is 0 Å². The van der Waals surface area contributed by atoms with E-state index in [0.717, 1.165) is 0 Å².